The Morgan fingerprint density at radius 1 is 0.963 bits per heavy atom. The number of nitrogens with one attached hydrogen (secondary N) is 2. The lowest BCUT2D eigenvalue weighted by Crippen LogP contribution is -2.44. The van der Waals surface area contributed by atoms with Gasteiger partial charge in [0.2, 0.25) is 5.78 Å². The summed E-state index contributed by atoms with van der Waals surface area (Å²) in [6.07, 6.45) is 1.56. The minimum absolute atomic E-state index is 0.0900. The Bertz CT molecular complexity index is 1270. The van der Waals surface area contributed by atoms with Gasteiger partial charge < -0.3 is 4.90 Å². The normalized spacial score (nSPS) is 16.7. The molecule has 2 aromatic carbocycles. The number of H-pyrrole nitrogens is 2. The number of amides is 1. The smallest absolute Gasteiger partial charge is 0.271 e. The van der Waals surface area contributed by atoms with E-state index < -0.39 is 17.2 Å². The fourth-order valence-corrected chi connectivity index (χ4v) is 3.33. The van der Waals surface area contributed by atoms with Gasteiger partial charge in [0.25, 0.3) is 11.5 Å². The van der Waals surface area contributed by atoms with Gasteiger partial charge in [-0.25, -0.2) is 0 Å². The molecule has 0 spiro atoms. The van der Waals surface area contributed by atoms with Crippen LogP contribution in [0.5, 0.6) is 0 Å². The summed E-state index contributed by atoms with van der Waals surface area (Å²) in [4.78, 5) is 39.6. The van der Waals surface area contributed by atoms with Gasteiger partial charge in [0.15, 0.2) is 0 Å². The number of hydrogen-bond donors (Lipinski definition) is 2. The van der Waals surface area contributed by atoms with Crippen LogP contribution in [0.4, 0.5) is 5.69 Å². The molecular weight excluding hydrogens is 366 g/mol. The molecule has 0 radical (unpaired) electrons. The van der Waals surface area contributed by atoms with Gasteiger partial charge in [-0.15, -0.1) is 0 Å². The third kappa shape index (κ3) is 2.71. The number of para-hydroxylation sites is 1. The Hall–Kier alpha value is -3.38. The number of nitrogens with zero attached hydrogens (tertiary/aromatic N) is 1. The Morgan fingerprint density at radius 3 is 2.44 bits per heavy atom. The average Bonchev–Trinajstić information content (AvgIpc) is 3.02. The van der Waals surface area contributed by atoms with Crippen molar-refractivity contribution in [1.29, 1.82) is 0 Å². The van der Waals surface area contributed by atoms with E-state index in [0.29, 0.717) is 21.8 Å². The van der Waals surface area contributed by atoms with Gasteiger partial charge in [-0.2, -0.15) is 0 Å². The molecule has 134 valence electrons. The van der Waals surface area contributed by atoms with E-state index in [1.165, 1.54) is 4.90 Å². The van der Waals surface area contributed by atoms with E-state index in [-0.39, 0.29) is 16.1 Å². The minimum Gasteiger partial charge on any atom is -0.310 e. The SMILES string of the molecule is CN1C(=O)/C(=c2\[nH][nH]c(=O)\c2=C/c2ccccc2Cl)C(=O)c2ccccc21. The van der Waals surface area contributed by atoms with Gasteiger partial charge in [0.1, 0.15) is 5.57 Å². The van der Waals surface area contributed by atoms with Gasteiger partial charge in [0.05, 0.1) is 16.3 Å². The number of anilines is 1. The zero-order valence-electron chi connectivity index (χ0n) is 14.2. The highest BCUT2D eigenvalue weighted by Gasteiger charge is 2.33. The summed E-state index contributed by atoms with van der Waals surface area (Å²) >= 11 is 6.18. The van der Waals surface area contributed by atoms with Gasteiger partial charge >= 0.3 is 0 Å². The highest BCUT2D eigenvalue weighted by atomic mass is 35.5. The van der Waals surface area contributed by atoms with Crippen molar-refractivity contribution in [2.75, 3.05) is 11.9 Å². The first-order valence-electron chi connectivity index (χ1n) is 8.18. The number of halogens is 1. The Labute approximate surface area is 158 Å². The standard InChI is InChI=1S/C20H14ClN3O3/c1-24-15-9-5-3-7-12(15)18(25)16(20(24)27)17-13(19(26)23-22-17)10-11-6-2-4-8-14(11)21/h2-10,22H,1H3,(H,23,26)/b13-10-,17-16-. The van der Waals surface area contributed by atoms with Crippen molar-refractivity contribution in [2.45, 2.75) is 0 Å². The monoisotopic (exact) mass is 379 g/mol. The van der Waals surface area contributed by atoms with Crippen LogP contribution in [0.2, 0.25) is 5.02 Å². The molecule has 3 aromatic rings. The molecule has 2 N–H and O–H groups in total. The van der Waals surface area contributed by atoms with E-state index >= 15 is 0 Å². The fraction of sp³-hybridized carbons (Fsp3) is 0.0500. The fourth-order valence-electron chi connectivity index (χ4n) is 3.14. The number of ketones is 1. The van der Waals surface area contributed by atoms with Crippen LogP contribution in [0, 0.1) is 0 Å². The molecular formula is C20H14ClN3O3. The largest absolute Gasteiger partial charge is 0.310 e. The van der Waals surface area contributed by atoms with Crippen molar-refractivity contribution >= 4 is 40.6 Å². The number of aromatic nitrogens is 2. The van der Waals surface area contributed by atoms with E-state index in [2.05, 4.69) is 10.2 Å². The van der Waals surface area contributed by atoms with Crippen molar-refractivity contribution in [2.24, 2.45) is 0 Å². The molecule has 0 unspecified atom stereocenters. The molecule has 4 rings (SSSR count). The maximum Gasteiger partial charge on any atom is 0.271 e. The molecule has 2 heterocycles. The predicted octanol–water partition coefficient (Wildman–Crippen LogP) is 1.20. The molecule has 0 bridgehead atoms. The van der Waals surface area contributed by atoms with Crippen LogP contribution in [-0.2, 0) is 4.79 Å². The van der Waals surface area contributed by atoms with Crippen molar-refractivity contribution in [3.8, 4) is 0 Å². The highest BCUT2D eigenvalue weighted by molar-refractivity contribution is 6.51. The van der Waals surface area contributed by atoms with Crippen LogP contribution in [0.15, 0.2) is 53.3 Å². The third-order valence-corrected chi connectivity index (χ3v) is 4.87. The molecule has 27 heavy (non-hydrogen) atoms. The number of rotatable bonds is 1. The number of hydrogen-bond acceptors (Lipinski definition) is 3. The van der Waals surface area contributed by atoms with Crippen molar-refractivity contribution in [3.05, 3.63) is 85.6 Å². The second-order valence-electron chi connectivity index (χ2n) is 6.12. The number of carbonyl (C=O) groups is 2. The van der Waals surface area contributed by atoms with Gasteiger partial charge in [0, 0.05) is 17.6 Å². The first kappa shape index (κ1) is 17.1. The zero-order valence-corrected chi connectivity index (χ0v) is 15.0. The van der Waals surface area contributed by atoms with Crippen molar-refractivity contribution < 1.29 is 9.59 Å². The lowest BCUT2D eigenvalue weighted by Gasteiger charge is -2.25. The Kier molecular flexibility index (Phi) is 4.05. The summed E-state index contributed by atoms with van der Waals surface area (Å²) in [5.74, 6) is -0.916. The van der Waals surface area contributed by atoms with Gasteiger partial charge in [-0.1, -0.05) is 41.9 Å². The third-order valence-electron chi connectivity index (χ3n) is 4.53. The van der Waals surface area contributed by atoms with Crippen LogP contribution in [0.3, 0.4) is 0 Å². The van der Waals surface area contributed by atoms with Crippen molar-refractivity contribution in [3.63, 3.8) is 0 Å². The predicted molar refractivity (Wildman–Crippen MR) is 103 cm³/mol. The summed E-state index contributed by atoms with van der Waals surface area (Å²) in [5, 5.41) is 5.91. The molecule has 0 saturated carbocycles. The van der Waals surface area contributed by atoms with E-state index in [1.54, 1.807) is 61.7 Å². The Balaban J connectivity index is 2.07. The Morgan fingerprint density at radius 2 is 1.67 bits per heavy atom. The van der Waals surface area contributed by atoms with Gasteiger partial charge in [-0.05, 0) is 29.8 Å². The second kappa shape index (κ2) is 6.41. The van der Waals surface area contributed by atoms with Crippen LogP contribution >= 0.6 is 11.6 Å². The summed E-state index contributed by atoms with van der Waals surface area (Å²) < 4.78 is 0. The topological polar surface area (TPSA) is 86.0 Å². The van der Waals surface area contributed by atoms with E-state index in [4.69, 9.17) is 11.6 Å². The molecule has 1 amide bonds. The summed E-state index contributed by atoms with van der Waals surface area (Å²) in [6.45, 7) is 0. The molecule has 7 heteroatoms. The maximum atomic E-state index is 13.0. The first-order valence-corrected chi connectivity index (χ1v) is 8.56. The van der Waals surface area contributed by atoms with E-state index in [0.717, 1.165) is 0 Å². The van der Waals surface area contributed by atoms with Crippen molar-refractivity contribution in [1.82, 2.24) is 10.2 Å². The molecule has 1 aromatic heterocycles. The summed E-state index contributed by atoms with van der Waals surface area (Å²) in [5.41, 5.74) is 1.01. The summed E-state index contributed by atoms with van der Waals surface area (Å²) in [7, 11) is 1.59. The molecule has 0 atom stereocenters. The number of aromatic amines is 2. The zero-order chi connectivity index (χ0) is 19.1. The van der Waals surface area contributed by atoms with Crippen LogP contribution < -0.4 is 21.0 Å². The highest BCUT2D eigenvalue weighted by Crippen LogP contribution is 2.28. The summed E-state index contributed by atoms with van der Waals surface area (Å²) in [6, 6.07) is 13.9. The van der Waals surface area contributed by atoms with Crippen LogP contribution in [-0.4, -0.2) is 28.9 Å². The average molecular weight is 380 g/mol. The molecule has 0 aliphatic carbocycles. The lowest BCUT2D eigenvalue weighted by molar-refractivity contribution is -0.113. The van der Waals surface area contributed by atoms with Crippen LogP contribution in [0.25, 0.3) is 11.6 Å². The second-order valence-corrected chi connectivity index (χ2v) is 6.53. The first-order chi connectivity index (χ1) is 13.0. The van der Waals surface area contributed by atoms with E-state index in [1.807, 2.05) is 0 Å². The molecule has 6 nitrogen and oxygen atoms in total. The van der Waals surface area contributed by atoms with Gasteiger partial charge in [-0.3, -0.25) is 24.6 Å². The number of fused-ring (bicyclic) bond motifs is 1. The molecule has 0 fully saturated rings. The molecule has 1 aliphatic rings. The lowest BCUT2D eigenvalue weighted by atomic mass is 9.95. The van der Waals surface area contributed by atoms with E-state index in [9.17, 15) is 14.4 Å². The molecule has 0 saturated heterocycles. The number of carbonyl (C=O) groups excluding carboxylic acids is 2. The minimum atomic E-state index is -0.484. The number of Topliss-reactive ketones (excluding diaryl/α,β-unsaturated/α-hetero) is 1. The maximum absolute atomic E-state index is 13.0. The van der Waals surface area contributed by atoms with Crippen LogP contribution in [0.1, 0.15) is 15.9 Å². The number of benzene rings is 2. The quantitative estimate of drug-likeness (QED) is 0.666. The molecule has 1 aliphatic heterocycles.